The molecular formula is C25H27FN2O2. The van der Waals surface area contributed by atoms with E-state index in [2.05, 4.69) is 39.7 Å². The zero-order valence-electron chi connectivity index (χ0n) is 17.4. The maximum atomic E-state index is 14.3. The number of benzene rings is 2. The molecule has 4 rings (SSSR count). The number of para-hydroxylation sites is 1. The Kier molecular flexibility index (Phi) is 6.00. The number of ether oxygens (including phenoxy) is 1. The molecule has 2 aromatic carbocycles. The minimum absolute atomic E-state index is 0.178. The fourth-order valence-corrected chi connectivity index (χ4v) is 4.36. The molecule has 0 bridgehead atoms. The number of aromatic amines is 1. The van der Waals surface area contributed by atoms with Crippen molar-refractivity contribution >= 4 is 22.9 Å². The smallest absolute Gasteiger partial charge is 0.330 e. The van der Waals surface area contributed by atoms with Gasteiger partial charge in [-0.2, -0.15) is 0 Å². The van der Waals surface area contributed by atoms with Crippen LogP contribution in [0.25, 0.3) is 17.0 Å². The highest BCUT2D eigenvalue weighted by Gasteiger charge is 2.32. The summed E-state index contributed by atoms with van der Waals surface area (Å²) >= 11 is 0. The van der Waals surface area contributed by atoms with E-state index < -0.39 is 6.17 Å². The Balaban J connectivity index is 1.47. The first kappa shape index (κ1) is 20.4. The SMILES string of the molecule is COC(=O)C=Cc1ccc(CN2CC(F)C[C@@H]2Cc2c(C)[nH]c3ccccc23)cc1. The molecule has 2 atom stereocenters. The molecule has 1 fully saturated rings. The molecule has 1 saturated heterocycles. The summed E-state index contributed by atoms with van der Waals surface area (Å²) in [6.45, 7) is 3.28. The van der Waals surface area contributed by atoms with Crippen molar-refractivity contribution in [1.82, 2.24) is 9.88 Å². The third-order valence-corrected chi connectivity index (χ3v) is 5.92. The summed E-state index contributed by atoms with van der Waals surface area (Å²) in [5, 5.41) is 1.24. The van der Waals surface area contributed by atoms with Crippen LogP contribution in [0.3, 0.4) is 0 Å². The van der Waals surface area contributed by atoms with Crippen molar-refractivity contribution in [1.29, 1.82) is 0 Å². The summed E-state index contributed by atoms with van der Waals surface area (Å²) in [4.78, 5) is 16.9. The van der Waals surface area contributed by atoms with E-state index in [1.165, 1.54) is 29.8 Å². The number of H-pyrrole nitrogens is 1. The minimum atomic E-state index is -0.789. The highest BCUT2D eigenvalue weighted by atomic mass is 19.1. The van der Waals surface area contributed by atoms with Gasteiger partial charge in [-0.3, -0.25) is 4.90 Å². The summed E-state index contributed by atoms with van der Waals surface area (Å²) in [5.74, 6) is -0.374. The van der Waals surface area contributed by atoms with Crippen LogP contribution in [0, 0.1) is 6.92 Å². The number of nitrogens with one attached hydrogen (secondary N) is 1. The quantitative estimate of drug-likeness (QED) is 0.472. The average Bonchev–Trinajstić information content (AvgIpc) is 3.26. The molecule has 0 amide bonds. The van der Waals surface area contributed by atoms with Gasteiger partial charge in [-0.1, -0.05) is 42.5 Å². The van der Waals surface area contributed by atoms with Crippen LogP contribution in [0.4, 0.5) is 4.39 Å². The van der Waals surface area contributed by atoms with E-state index in [0.717, 1.165) is 23.1 Å². The number of hydrogen-bond donors (Lipinski definition) is 1. The Morgan fingerprint density at radius 1 is 1.23 bits per heavy atom. The predicted octanol–water partition coefficient (Wildman–Crippen LogP) is 4.82. The molecule has 1 aromatic heterocycles. The van der Waals surface area contributed by atoms with Gasteiger partial charge < -0.3 is 9.72 Å². The highest BCUT2D eigenvalue weighted by Crippen LogP contribution is 2.30. The number of carbonyl (C=O) groups is 1. The molecule has 2 heterocycles. The number of likely N-dealkylation sites (tertiary alicyclic amines) is 1. The van der Waals surface area contributed by atoms with E-state index in [4.69, 9.17) is 0 Å². The van der Waals surface area contributed by atoms with Crippen molar-refractivity contribution in [3.8, 4) is 0 Å². The van der Waals surface area contributed by atoms with E-state index in [-0.39, 0.29) is 12.0 Å². The van der Waals surface area contributed by atoms with E-state index in [9.17, 15) is 9.18 Å². The monoisotopic (exact) mass is 406 g/mol. The Hall–Kier alpha value is -2.92. The van der Waals surface area contributed by atoms with Gasteiger partial charge >= 0.3 is 5.97 Å². The zero-order valence-corrected chi connectivity index (χ0v) is 17.4. The summed E-state index contributed by atoms with van der Waals surface area (Å²) < 4.78 is 19.0. The second-order valence-electron chi connectivity index (χ2n) is 7.99. The number of halogens is 1. The van der Waals surface area contributed by atoms with Gasteiger partial charge in [0.1, 0.15) is 6.17 Å². The highest BCUT2D eigenvalue weighted by molar-refractivity contribution is 5.87. The molecule has 1 aliphatic rings. The first-order chi connectivity index (χ1) is 14.5. The number of aromatic nitrogens is 1. The van der Waals surface area contributed by atoms with E-state index in [1.54, 1.807) is 6.08 Å². The summed E-state index contributed by atoms with van der Waals surface area (Å²) in [7, 11) is 1.36. The molecule has 0 spiro atoms. The third-order valence-electron chi connectivity index (χ3n) is 5.92. The Bertz CT molecular complexity index is 1050. The molecule has 0 saturated carbocycles. The summed E-state index contributed by atoms with van der Waals surface area (Å²) in [6.07, 6.45) is 3.76. The molecule has 1 unspecified atom stereocenters. The fourth-order valence-electron chi connectivity index (χ4n) is 4.36. The van der Waals surface area contributed by atoms with E-state index in [1.807, 2.05) is 30.3 Å². The lowest BCUT2D eigenvalue weighted by Gasteiger charge is -2.24. The lowest BCUT2D eigenvalue weighted by Crippen LogP contribution is -2.31. The number of nitrogens with zero attached hydrogens (tertiary/aromatic N) is 1. The van der Waals surface area contributed by atoms with Crippen molar-refractivity contribution in [3.63, 3.8) is 0 Å². The molecule has 1 aliphatic heterocycles. The minimum Gasteiger partial charge on any atom is -0.466 e. The van der Waals surface area contributed by atoms with Gasteiger partial charge in [0.2, 0.25) is 0 Å². The van der Waals surface area contributed by atoms with Gasteiger partial charge in [0, 0.05) is 41.8 Å². The van der Waals surface area contributed by atoms with E-state index in [0.29, 0.717) is 19.5 Å². The van der Waals surface area contributed by atoms with Crippen LogP contribution < -0.4 is 0 Å². The number of aryl methyl sites for hydroxylation is 1. The molecule has 4 nitrogen and oxygen atoms in total. The van der Waals surface area contributed by atoms with Crippen LogP contribution in [0.2, 0.25) is 0 Å². The lowest BCUT2D eigenvalue weighted by molar-refractivity contribution is -0.134. The van der Waals surface area contributed by atoms with Crippen LogP contribution in [0.1, 0.15) is 28.8 Å². The van der Waals surface area contributed by atoms with Crippen LogP contribution in [0.5, 0.6) is 0 Å². The molecule has 3 aromatic rings. The maximum Gasteiger partial charge on any atom is 0.330 e. The van der Waals surface area contributed by atoms with Gasteiger partial charge in [-0.05, 0) is 48.6 Å². The van der Waals surface area contributed by atoms with Gasteiger partial charge in [-0.15, -0.1) is 0 Å². The first-order valence-corrected chi connectivity index (χ1v) is 10.3. The van der Waals surface area contributed by atoms with Crippen LogP contribution in [-0.2, 0) is 22.5 Å². The van der Waals surface area contributed by atoms with Crippen LogP contribution in [0.15, 0.2) is 54.6 Å². The normalized spacial score (nSPS) is 19.7. The summed E-state index contributed by atoms with van der Waals surface area (Å²) in [6, 6.07) is 16.5. The lowest BCUT2D eigenvalue weighted by atomic mass is 10.0. The first-order valence-electron chi connectivity index (χ1n) is 10.3. The van der Waals surface area contributed by atoms with Gasteiger partial charge in [0.05, 0.1) is 7.11 Å². The molecular weight excluding hydrogens is 379 g/mol. The summed E-state index contributed by atoms with van der Waals surface area (Å²) in [5.41, 5.74) is 5.67. The standard InChI is InChI=1S/C25H27FN2O2/c1-17-23(22-5-3-4-6-24(22)27-17)14-21-13-20(26)16-28(21)15-19-9-7-18(8-10-19)11-12-25(29)30-2/h3-12,20-21,27H,13-16H2,1-2H3/t20?,21-/m1/s1. The van der Waals surface area contributed by atoms with Gasteiger partial charge in [0.25, 0.3) is 0 Å². The molecule has 5 heteroatoms. The number of rotatable bonds is 6. The fraction of sp³-hybridized carbons (Fsp3) is 0.320. The molecule has 0 radical (unpaired) electrons. The maximum absolute atomic E-state index is 14.3. The van der Waals surface area contributed by atoms with E-state index >= 15 is 0 Å². The number of fused-ring (bicyclic) bond motifs is 1. The number of alkyl halides is 1. The van der Waals surface area contributed by atoms with Gasteiger partial charge in [-0.25, -0.2) is 9.18 Å². The number of carbonyl (C=O) groups excluding carboxylic acids is 1. The van der Waals surface area contributed by atoms with Crippen molar-refractivity contribution < 1.29 is 13.9 Å². The molecule has 30 heavy (non-hydrogen) atoms. The van der Waals surface area contributed by atoms with Gasteiger partial charge in [0.15, 0.2) is 0 Å². The Morgan fingerprint density at radius 2 is 2.00 bits per heavy atom. The van der Waals surface area contributed by atoms with Crippen LogP contribution >= 0.6 is 0 Å². The predicted molar refractivity (Wildman–Crippen MR) is 118 cm³/mol. The van der Waals surface area contributed by atoms with Crippen molar-refractivity contribution in [2.24, 2.45) is 0 Å². The van der Waals surface area contributed by atoms with Crippen molar-refractivity contribution in [2.45, 2.75) is 38.5 Å². The Morgan fingerprint density at radius 3 is 2.77 bits per heavy atom. The van der Waals surface area contributed by atoms with Crippen LogP contribution in [-0.4, -0.2) is 41.7 Å². The number of methoxy groups -OCH3 is 1. The zero-order chi connectivity index (χ0) is 21.1. The number of esters is 1. The third kappa shape index (κ3) is 4.46. The number of hydrogen-bond acceptors (Lipinski definition) is 3. The average molecular weight is 407 g/mol. The van der Waals surface area contributed by atoms with Crippen molar-refractivity contribution in [2.75, 3.05) is 13.7 Å². The molecule has 0 aliphatic carbocycles. The second kappa shape index (κ2) is 8.84. The molecule has 1 N–H and O–H groups in total. The second-order valence-corrected chi connectivity index (χ2v) is 7.99. The topological polar surface area (TPSA) is 45.3 Å². The largest absolute Gasteiger partial charge is 0.466 e. The van der Waals surface area contributed by atoms with Crippen molar-refractivity contribution in [3.05, 3.63) is 77.0 Å². The molecule has 156 valence electrons. The Labute approximate surface area is 176 Å².